The van der Waals surface area contributed by atoms with Gasteiger partial charge < -0.3 is 25.4 Å². The van der Waals surface area contributed by atoms with Crippen molar-refractivity contribution in [2.24, 2.45) is 11.8 Å². The van der Waals surface area contributed by atoms with Crippen molar-refractivity contribution in [1.82, 2.24) is 4.90 Å². The number of H-pyrrole nitrogens is 1. The number of nitrogens with zero attached hydrogens (tertiary/aromatic N) is 1. The third kappa shape index (κ3) is 6.96. The third-order valence-corrected chi connectivity index (χ3v) is 10.6. The molecule has 1 spiro atoms. The lowest BCUT2D eigenvalue weighted by Gasteiger charge is -2.46. The minimum absolute atomic E-state index is 0.0586. The predicted molar refractivity (Wildman–Crippen MR) is 156 cm³/mol. The average Bonchev–Trinajstić information content (AvgIpc) is 3.39. The Morgan fingerprint density at radius 1 is 1.02 bits per heavy atom. The van der Waals surface area contributed by atoms with Crippen LogP contribution >= 0.6 is 0 Å². The monoisotopic (exact) mass is 616 g/mol. The number of carbonyl (C=O) groups is 2. The van der Waals surface area contributed by atoms with Crippen LogP contribution in [0.3, 0.4) is 0 Å². The van der Waals surface area contributed by atoms with E-state index in [1.165, 1.54) is 54.6 Å². The minimum Gasteiger partial charge on any atom is -0.542 e. The fourth-order valence-electron chi connectivity index (χ4n) is 8.41. The van der Waals surface area contributed by atoms with Gasteiger partial charge in [0.25, 0.3) is 0 Å². The fourth-order valence-corrected chi connectivity index (χ4v) is 8.41. The maximum atomic E-state index is 14.7. The van der Waals surface area contributed by atoms with Crippen molar-refractivity contribution in [3.63, 3.8) is 0 Å². The lowest BCUT2D eigenvalue weighted by atomic mass is 9.70. The Morgan fingerprint density at radius 3 is 2.41 bits per heavy atom. The maximum absolute atomic E-state index is 14.7. The number of halogens is 3. The first kappa shape index (κ1) is 32.4. The van der Waals surface area contributed by atoms with Gasteiger partial charge in [-0.25, -0.2) is 4.98 Å². The second-order valence-electron chi connectivity index (χ2n) is 13.5. The molecule has 0 bridgehead atoms. The lowest BCUT2D eigenvalue weighted by Crippen LogP contribution is -2.93. The zero-order chi connectivity index (χ0) is 31.5. The van der Waals surface area contributed by atoms with Crippen LogP contribution in [0.15, 0.2) is 42.5 Å². The summed E-state index contributed by atoms with van der Waals surface area (Å²) in [6.07, 6.45) is 4.69. The molecule has 1 saturated carbocycles. The molecule has 4 heterocycles. The number of aliphatic carboxylic acids is 1. The van der Waals surface area contributed by atoms with Crippen LogP contribution in [0.1, 0.15) is 80.3 Å². The molecule has 1 amide bonds. The number of carboxylic acid groups (broad SMARTS) is 1. The number of likely N-dealkylation sites (tertiary alicyclic amines) is 1. The van der Waals surface area contributed by atoms with Crippen molar-refractivity contribution < 1.29 is 43.5 Å². The summed E-state index contributed by atoms with van der Waals surface area (Å²) in [4.78, 5) is 29.6. The predicted octanol–water partition coefficient (Wildman–Crippen LogP) is 1.40. The van der Waals surface area contributed by atoms with Gasteiger partial charge in [-0.2, -0.15) is 13.2 Å². The molecule has 2 saturated heterocycles. The van der Waals surface area contributed by atoms with E-state index >= 15 is 0 Å². The number of carboxylic acids is 1. The molecule has 1 unspecified atom stereocenters. The van der Waals surface area contributed by atoms with Crippen molar-refractivity contribution in [3.8, 4) is 0 Å². The summed E-state index contributed by atoms with van der Waals surface area (Å²) in [5.74, 6) is -1.26. The molecule has 240 valence electrons. The second-order valence-corrected chi connectivity index (χ2v) is 13.5. The molecular formula is C34H47F3N4O3+2. The number of alkyl halides is 3. The van der Waals surface area contributed by atoms with Gasteiger partial charge in [0, 0.05) is 31.1 Å². The number of aryl methyl sites for hydroxylation is 1. The van der Waals surface area contributed by atoms with E-state index in [0.717, 1.165) is 45.4 Å². The largest absolute Gasteiger partial charge is 0.542 e. The first-order valence-corrected chi connectivity index (χ1v) is 16.3. The van der Waals surface area contributed by atoms with Crippen LogP contribution in [0, 0.1) is 18.8 Å². The number of aromatic amines is 1. The van der Waals surface area contributed by atoms with Crippen LogP contribution in [0.25, 0.3) is 0 Å². The Bertz CT molecular complexity index is 1300. The van der Waals surface area contributed by atoms with Gasteiger partial charge in [-0.15, -0.1) is 0 Å². The van der Waals surface area contributed by atoms with Crippen molar-refractivity contribution in [1.29, 1.82) is 0 Å². The number of piperidine rings is 1. The highest BCUT2D eigenvalue weighted by molar-refractivity contribution is 5.82. The SMILES string of the molecule is Cc1ccc2c([nH+]1)CC(C)[NH2+]C[C@]21C[NH2+]C[C@H]1C(=O)N1CC[C@@H](c2ccccc2)C[C@H]1C1CCCCC1.O=C([O-])C(F)(F)F. The number of carbonyl (C=O) groups excluding carboxylic acids is 2. The molecule has 44 heavy (non-hydrogen) atoms. The van der Waals surface area contributed by atoms with Gasteiger partial charge in [-0.3, -0.25) is 4.79 Å². The van der Waals surface area contributed by atoms with E-state index in [2.05, 4.69) is 76.8 Å². The summed E-state index contributed by atoms with van der Waals surface area (Å²) in [7, 11) is 0. The molecule has 5 atom stereocenters. The van der Waals surface area contributed by atoms with Crippen LogP contribution < -0.4 is 20.7 Å². The van der Waals surface area contributed by atoms with E-state index in [0.29, 0.717) is 29.8 Å². The van der Waals surface area contributed by atoms with Gasteiger partial charge in [0.2, 0.25) is 5.91 Å². The average molecular weight is 617 g/mol. The first-order chi connectivity index (χ1) is 21.0. The standard InChI is InChI=1S/C32H44N4O.C2HF3O2/c1-22-13-14-27-29(35-22)17-23(2)34-21-32(27)20-33-19-28(32)31(37)36-16-15-26(24-9-5-3-6-10-24)18-30(36)25-11-7-4-8-12-25;3-2(4,5)1(6)7/h3,5-6,9-10,13-14,23,25-26,28,30,33-34H,4,7-8,11-12,15-21H2,1-2H3;(H,6,7)/p+2/t23?,26-,28+,30+,32-;/m1./s1. The molecule has 2 aromatic rings. The fraction of sp³-hybridized carbons (Fsp3) is 0.618. The molecule has 1 aromatic carbocycles. The number of pyridine rings is 1. The van der Waals surface area contributed by atoms with Gasteiger partial charge in [-0.05, 0) is 56.1 Å². The minimum atomic E-state index is -5.19. The van der Waals surface area contributed by atoms with E-state index in [1.54, 1.807) is 0 Å². The summed E-state index contributed by atoms with van der Waals surface area (Å²) in [5, 5.41) is 13.7. The molecule has 1 aromatic heterocycles. The number of hydrogen-bond acceptors (Lipinski definition) is 3. The summed E-state index contributed by atoms with van der Waals surface area (Å²) >= 11 is 0. The van der Waals surface area contributed by atoms with E-state index in [1.807, 2.05) is 0 Å². The maximum Gasteiger partial charge on any atom is 0.430 e. The Balaban J connectivity index is 0.000000493. The molecule has 3 fully saturated rings. The zero-order valence-corrected chi connectivity index (χ0v) is 25.9. The molecule has 10 heteroatoms. The number of fused-ring (bicyclic) bond motifs is 2. The molecule has 6 rings (SSSR count). The zero-order valence-electron chi connectivity index (χ0n) is 25.9. The quantitative estimate of drug-likeness (QED) is 0.545. The van der Waals surface area contributed by atoms with Crippen molar-refractivity contribution >= 4 is 11.9 Å². The van der Waals surface area contributed by atoms with Crippen molar-refractivity contribution in [2.45, 2.75) is 94.8 Å². The Hall–Kier alpha value is -2.98. The van der Waals surface area contributed by atoms with E-state index < -0.39 is 12.1 Å². The summed E-state index contributed by atoms with van der Waals surface area (Å²) in [6, 6.07) is 16.6. The number of amides is 1. The molecule has 3 aliphatic heterocycles. The molecular weight excluding hydrogens is 569 g/mol. The molecule has 5 N–H and O–H groups in total. The Morgan fingerprint density at radius 2 is 1.73 bits per heavy atom. The van der Waals surface area contributed by atoms with E-state index in [9.17, 15) is 18.0 Å². The lowest BCUT2D eigenvalue weighted by molar-refractivity contribution is -0.698. The van der Waals surface area contributed by atoms with Crippen LogP contribution in [0.5, 0.6) is 0 Å². The van der Waals surface area contributed by atoms with Crippen molar-refractivity contribution in [3.05, 3.63) is 65.0 Å². The smallest absolute Gasteiger partial charge is 0.430 e. The first-order valence-electron chi connectivity index (χ1n) is 16.3. The highest BCUT2D eigenvalue weighted by Crippen LogP contribution is 2.42. The van der Waals surface area contributed by atoms with Crippen LogP contribution in [-0.2, 0) is 21.4 Å². The van der Waals surface area contributed by atoms with Gasteiger partial charge in [-0.1, -0.05) is 49.6 Å². The summed E-state index contributed by atoms with van der Waals surface area (Å²) < 4.78 is 31.5. The number of nitrogens with two attached hydrogens (primary N) is 2. The Labute approximate surface area is 258 Å². The summed E-state index contributed by atoms with van der Waals surface area (Å²) in [5.41, 5.74) is 5.37. The number of nitrogens with one attached hydrogen (secondary N) is 1. The van der Waals surface area contributed by atoms with Crippen molar-refractivity contribution in [2.75, 3.05) is 26.2 Å². The number of benzene rings is 1. The van der Waals surface area contributed by atoms with Gasteiger partial charge in [0.1, 0.15) is 17.3 Å². The Kier molecular flexibility index (Phi) is 9.99. The van der Waals surface area contributed by atoms with E-state index in [-0.39, 0.29) is 11.3 Å². The van der Waals surface area contributed by atoms with Crippen LogP contribution in [0.2, 0.25) is 0 Å². The summed E-state index contributed by atoms with van der Waals surface area (Å²) in [6.45, 7) is 8.36. The highest BCUT2D eigenvalue weighted by Gasteiger charge is 2.58. The van der Waals surface area contributed by atoms with Gasteiger partial charge in [0.05, 0.1) is 32.1 Å². The van der Waals surface area contributed by atoms with Gasteiger partial charge >= 0.3 is 6.18 Å². The molecule has 1 aliphatic carbocycles. The third-order valence-electron chi connectivity index (χ3n) is 10.6. The second kappa shape index (κ2) is 13.6. The molecule has 4 aliphatic rings. The highest BCUT2D eigenvalue weighted by atomic mass is 19.4. The number of hydrogen-bond donors (Lipinski definition) is 2. The number of aromatic nitrogens is 1. The topological polar surface area (TPSA) is 108 Å². The number of quaternary nitrogens is 2. The normalized spacial score (nSPS) is 29.3. The van der Waals surface area contributed by atoms with E-state index in [4.69, 9.17) is 9.90 Å². The van der Waals surface area contributed by atoms with Crippen LogP contribution in [0.4, 0.5) is 13.2 Å². The molecule has 7 nitrogen and oxygen atoms in total. The van der Waals surface area contributed by atoms with Gasteiger partial charge in [0.15, 0.2) is 11.4 Å². The van der Waals surface area contributed by atoms with Crippen LogP contribution in [-0.4, -0.2) is 61.2 Å². The molecule has 0 radical (unpaired) electrons. The number of rotatable bonds is 3.